The molecule has 0 radical (unpaired) electrons. The number of rotatable bonds is 4. The first-order chi connectivity index (χ1) is 9.08. The minimum absolute atomic E-state index is 0.370. The van der Waals surface area contributed by atoms with E-state index in [9.17, 15) is 0 Å². The van der Waals surface area contributed by atoms with Crippen LogP contribution in [0, 0.1) is 5.92 Å². The predicted molar refractivity (Wildman–Crippen MR) is 82.8 cm³/mol. The van der Waals surface area contributed by atoms with Crippen LogP contribution in [0.25, 0.3) is 0 Å². The molecule has 0 saturated carbocycles. The van der Waals surface area contributed by atoms with Crippen LogP contribution in [-0.4, -0.2) is 0 Å². The zero-order valence-corrected chi connectivity index (χ0v) is 12.4. The molecule has 1 N–H and O–H groups in total. The summed E-state index contributed by atoms with van der Waals surface area (Å²) in [5, 5.41) is 3.71. The fraction of sp³-hybridized carbons (Fsp3) is 0.444. The maximum Gasteiger partial charge on any atom is 0.0482 e. The van der Waals surface area contributed by atoms with E-state index in [-0.39, 0.29) is 0 Å². The Balaban J connectivity index is 2.07. The second kappa shape index (κ2) is 6.10. The molecule has 1 aliphatic rings. The first-order valence-corrected chi connectivity index (χ1v) is 7.23. The highest BCUT2D eigenvalue weighted by Gasteiger charge is 2.20. The van der Waals surface area contributed by atoms with Gasteiger partial charge in [-0.05, 0) is 51.5 Å². The highest BCUT2D eigenvalue weighted by molar-refractivity contribution is 5.23. The van der Waals surface area contributed by atoms with Gasteiger partial charge < -0.3 is 5.32 Å². The van der Waals surface area contributed by atoms with Gasteiger partial charge in [-0.15, -0.1) is 0 Å². The van der Waals surface area contributed by atoms with E-state index in [1.807, 2.05) is 0 Å². The zero-order chi connectivity index (χ0) is 13.8. The average molecular weight is 255 g/mol. The minimum atomic E-state index is 0.370. The normalized spacial score (nSPS) is 21.1. The molecule has 2 rings (SSSR count). The summed E-state index contributed by atoms with van der Waals surface area (Å²) in [6.45, 7) is 10.8. The van der Waals surface area contributed by atoms with Gasteiger partial charge in [-0.25, -0.2) is 0 Å². The molecule has 0 fully saturated rings. The Morgan fingerprint density at radius 3 is 2.63 bits per heavy atom. The van der Waals surface area contributed by atoms with Crippen LogP contribution in [-0.2, 0) is 0 Å². The lowest BCUT2D eigenvalue weighted by molar-refractivity contribution is 0.478. The number of hydrogen-bond donors (Lipinski definition) is 1. The van der Waals surface area contributed by atoms with Gasteiger partial charge in [0.2, 0.25) is 0 Å². The van der Waals surface area contributed by atoms with E-state index >= 15 is 0 Å². The van der Waals surface area contributed by atoms with Crippen molar-refractivity contribution >= 4 is 0 Å². The van der Waals surface area contributed by atoms with E-state index in [1.165, 1.54) is 35.2 Å². The monoisotopic (exact) mass is 255 g/mol. The molecule has 2 atom stereocenters. The van der Waals surface area contributed by atoms with Crippen molar-refractivity contribution in [3.8, 4) is 0 Å². The first kappa shape index (κ1) is 13.9. The van der Waals surface area contributed by atoms with E-state index < -0.39 is 0 Å². The molecule has 0 spiro atoms. The van der Waals surface area contributed by atoms with Crippen molar-refractivity contribution in [3.05, 3.63) is 59.3 Å². The first-order valence-electron chi connectivity index (χ1n) is 7.23. The number of hydrogen-bond acceptors (Lipinski definition) is 1. The van der Waals surface area contributed by atoms with Crippen molar-refractivity contribution in [2.45, 2.75) is 46.1 Å². The maximum atomic E-state index is 4.13. The molecule has 102 valence electrons. The Kier molecular flexibility index (Phi) is 4.47. The Morgan fingerprint density at radius 1 is 1.32 bits per heavy atom. The SMILES string of the molecule is C=C(C)[C@H]1CCC(C)=C(N[C@H](C)c2ccccc2)C1. The van der Waals surface area contributed by atoms with Gasteiger partial charge in [0, 0.05) is 11.7 Å². The Bertz CT molecular complexity index is 470. The molecule has 1 aromatic carbocycles. The summed E-state index contributed by atoms with van der Waals surface area (Å²) in [6, 6.07) is 11.0. The minimum Gasteiger partial charge on any atom is -0.382 e. The van der Waals surface area contributed by atoms with Gasteiger partial charge in [-0.3, -0.25) is 0 Å². The Morgan fingerprint density at radius 2 is 2.00 bits per heavy atom. The van der Waals surface area contributed by atoms with Crippen molar-refractivity contribution in [2.75, 3.05) is 0 Å². The molecular weight excluding hydrogens is 230 g/mol. The average Bonchev–Trinajstić information content (AvgIpc) is 2.42. The van der Waals surface area contributed by atoms with Gasteiger partial charge in [0.1, 0.15) is 0 Å². The smallest absolute Gasteiger partial charge is 0.0482 e. The summed E-state index contributed by atoms with van der Waals surface area (Å²) in [5.41, 5.74) is 5.61. The van der Waals surface area contributed by atoms with E-state index in [4.69, 9.17) is 0 Å². The van der Waals surface area contributed by atoms with E-state index in [2.05, 4.69) is 63.0 Å². The summed E-state index contributed by atoms with van der Waals surface area (Å²) in [4.78, 5) is 0. The van der Waals surface area contributed by atoms with Crippen LogP contribution in [0.15, 0.2) is 53.8 Å². The van der Waals surface area contributed by atoms with Gasteiger partial charge >= 0.3 is 0 Å². The van der Waals surface area contributed by atoms with Gasteiger partial charge in [-0.1, -0.05) is 48.1 Å². The van der Waals surface area contributed by atoms with E-state index in [0.717, 1.165) is 6.42 Å². The quantitative estimate of drug-likeness (QED) is 0.748. The van der Waals surface area contributed by atoms with Crippen molar-refractivity contribution in [3.63, 3.8) is 0 Å². The molecule has 1 nitrogen and oxygen atoms in total. The van der Waals surface area contributed by atoms with Crippen LogP contribution >= 0.6 is 0 Å². The van der Waals surface area contributed by atoms with Crippen molar-refractivity contribution in [1.29, 1.82) is 0 Å². The predicted octanol–water partition coefficient (Wildman–Crippen LogP) is 4.99. The molecule has 0 amide bonds. The molecule has 1 aliphatic carbocycles. The molecular formula is C18H25N. The van der Waals surface area contributed by atoms with Gasteiger partial charge in [-0.2, -0.15) is 0 Å². The molecule has 0 heterocycles. The Hall–Kier alpha value is -1.50. The molecule has 19 heavy (non-hydrogen) atoms. The lowest BCUT2D eigenvalue weighted by atomic mass is 9.83. The number of benzene rings is 1. The summed E-state index contributed by atoms with van der Waals surface area (Å²) in [5.74, 6) is 0.647. The second-order valence-corrected chi connectivity index (χ2v) is 5.82. The van der Waals surface area contributed by atoms with Crippen molar-refractivity contribution in [1.82, 2.24) is 5.32 Å². The van der Waals surface area contributed by atoms with Gasteiger partial charge in [0.25, 0.3) is 0 Å². The summed E-state index contributed by atoms with van der Waals surface area (Å²) in [6.07, 6.45) is 3.58. The molecule has 0 saturated heterocycles. The standard InChI is InChI=1S/C18H25N/c1-13(2)17-11-10-14(3)18(12-17)19-15(4)16-8-6-5-7-9-16/h5-9,15,17,19H,1,10-12H2,2-4H3/t15-,17+/m1/s1. The van der Waals surface area contributed by atoms with Gasteiger partial charge in [0.05, 0.1) is 0 Å². The largest absolute Gasteiger partial charge is 0.382 e. The number of nitrogens with one attached hydrogen (secondary N) is 1. The fourth-order valence-corrected chi connectivity index (χ4v) is 2.75. The van der Waals surface area contributed by atoms with Crippen LogP contribution in [0.3, 0.4) is 0 Å². The second-order valence-electron chi connectivity index (χ2n) is 5.82. The van der Waals surface area contributed by atoms with E-state index in [1.54, 1.807) is 0 Å². The molecule has 0 aromatic heterocycles. The Labute approximate surface area is 117 Å². The summed E-state index contributed by atoms with van der Waals surface area (Å²) in [7, 11) is 0. The third kappa shape index (κ3) is 3.50. The maximum absolute atomic E-state index is 4.13. The summed E-state index contributed by atoms with van der Waals surface area (Å²) >= 11 is 0. The van der Waals surface area contributed by atoms with Gasteiger partial charge in [0.15, 0.2) is 0 Å². The van der Waals surface area contributed by atoms with Crippen LogP contribution in [0.1, 0.15) is 51.6 Å². The highest BCUT2D eigenvalue weighted by Crippen LogP contribution is 2.32. The van der Waals surface area contributed by atoms with Crippen LogP contribution in [0.5, 0.6) is 0 Å². The zero-order valence-electron chi connectivity index (χ0n) is 12.4. The molecule has 0 unspecified atom stereocenters. The third-order valence-corrected chi connectivity index (χ3v) is 4.22. The van der Waals surface area contributed by atoms with Crippen LogP contribution < -0.4 is 5.32 Å². The van der Waals surface area contributed by atoms with Crippen molar-refractivity contribution in [2.24, 2.45) is 5.92 Å². The lowest BCUT2D eigenvalue weighted by Crippen LogP contribution is -2.24. The van der Waals surface area contributed by atoms with Crippen molar-refractivity contribution < 1.29 is 0 Å². The topological polar surface area (TPSA) is 12.0 Å². The van der Waals surface area contributed by atoms with Crippen LogP contribution in [0.2, 0.25) is 0 Å². The summed E-state index contributed by atoms with van der Waals surface area (Å²) < 4.78 is 0. The van der Waals surface area contributed by atoms with E-state index in [0.29, 0.717) is 12.0 Å². The number of allylic oxidation sites excluding steroid dienone is 3. The fourth-order valence-electron chi connectivity index (χ4n) is 2.75. The third-order valence-electron chi connectivity index (χ3n) is 4.22. The molecule has 1 heteroatoms. The molecule has 1 aromatic rings. The molecule has 0 bridgehead atoms. The van der Waals surface area contributed by atoms with Crippen LogP contribution in [0.4, 0.5) is 0 Å². The lowest BCUT2D eigenvalue weighted by Gasteiger charge is -2.29. The molecule has 0 aliphatic heterocycles. The highest BCUT2D eigenvalue weighted by atomic mass is 14.9.